The molecule has 1 aliphatic carbocycles. The van der Waals surface area contributed by atoms with Gasteiger partial charge in [-0.2, -0.15) is 0 Å². The number of halogens is 3. The van der Waals surface area contributed by atoms with Crippen LogP contribution in [0.5, 0.6) is 0 Å². The average Bonchev–Trinajstić information content (AvgIpc) is 2.41. The van der Waals surface area contributed by atoms with Crippen LogP contribution in [-0.2, 0) is 10.2 Å². The first kappa shape index (κ1) is 15.3. The lowest BCUT2D eigenvalue weighted by molar-refractivity contribution is -0.124. The molecule has 3 rings (SSSR count). The van der Waals surface area contributed by atoms with E-state index in [9.17, 15) is 9.18 Å². The van der Waals surface area contributed by atoms with E-state index in [1.807, 2.05) is 18.2 Å². The van der Waals surface area contributed by atoms with Gasteiger partial charge >= 0.3 is 0 Å². The van der Waals surface area contributed by atoms with Gasteiger partial charge in [0.2, 0.25) is 5.91 Å². The largest absolute Gasteiger partial charge is 0.324 e. The molecule has 0 unspecified atom stereocenters. The number of amides is 1. The molecule has 114 valence electrons. The summed E-state index contributed by atoms with van der Waals surface area (Å²) >= 11 is 12.0. The first-order valence-electron chi connectivity index (χ1n) is 7.04. The van der Waals surface area contributed by atoms with Gasteiger partial charge in [0, 0.05) is 5.02 Å². The van der Waals surface area contributed by atoms with Crippen LogP contribution in [-0.4, -0.2) is 5.91 Å². The fourth-order valence-corrected chi connectivity index (χ4v) is 3.20. The van der Waals surface area contributed by atoms with E-state index in [1.165, 1.54) is 18.2 Å². The van der Waals surface area contributed by atoms with Gasteiger partial charge in [0.1, 0.15) is 5.82 Å². The predicted octanol–water partition coefficient (Wildman–Crippen LogP) is 5.19. The molecule has 0 spiro atoms. The lowest BCUT2D eigenvalue weighted by Crippen LogP contribution is -2.46. The van der Waals surface area contributed by atoms with Gasteiger partial charge in [-0.25, -0.2) is 4.39 Å². The van der Waals surface area contributed by atoms with Crippen molar-refractivity contribution in [3.8, 4) is 0 Å². The molecule has 0 atom stereocenters. The van der Waals surface area contributed by atoms with Crippen molar-refractivity contribution >= 4 is 34.8 Å². The maximum Gasteiger partial charge on any atom is 0.235 e. The molecule has 5 heteroatoms. The first-order chi connectivity index (χ1) is 10.5. The molecular weight excluding hydrogens is 324 g/mol. The molecule has 0 heterocycles. The first-order valence-corrected chi connectivity index (χ1v) is 7.79. The van der Waals surface area contributed by atoms with Crippen LogP contribution in [0.1, 0.15) is 24.8 Å². The van der Waals surface area contributed by atoms with Crippen molar-refractivity contribution in [3.05, 3.63) is 63.9 Å². The van der Waals surface area contributed by atoms with Crippen LogP contribution in [0.2, 0.25) is 10.0 Å². The number of hydrogen-bond acceptors (Lipinski definition) is 1. The minimum atomic E-state index is -0.581. The Labute approximate surface area is 138 Å². The van der Waals surface area contributed by atoms with Crippen molar-refractivity contribution in [2.45, 2.75) is 24.7 Å². The van der Waals surface area contributed by atoms with Crippen LogP contribution in [0.3, 0.4) is 0 Å². The van der Waals surface area contributed by atoms with Crippen molar-refractivity contribution in [1.29, 1.82) is 0 Å². The molecule has 2 nitrogen and oxygen atoms in total. The van der Waals surface area contributed by atoms with Gasteiger partial charge in [0.15, 0.2) is 0 Å². The molecule has 1 N–H and O–H groups in total. The van der Waals surface area contributed by atoms with Crippen LogP contribution in [0.15, 0.2) is 42.5 Å². The summed E-state index contributed by atoms with van der Waals surface area (Å²) in [5.41, 5.74) is 0.742. The Bertz CT molecular complexity index is 728. The Morgan fingerprint density at radius 3 is 2.50 bits per heavy atom. The molecule has 0 aromatic heterocycles. The molecule has 1 fully saturated rings. The number of benzene rings is 2. The molecule has 2 aromatic rings. The highest BCUT2D eigenvalue weighted by Crippen LogP contribution is 2.45. The Morgan fingerprint density at radius 1 is 1.14 bits per heavy atom. The SMILES string of the molecule is O=C(Nc1ccc(F)cc1Cl)C1(c2cccc(Cl)c2)CCC1. The van der Waals surface area contributed by atoms with Crippen LogP contribution in [0, 0.1) is 5.82 Å². The summed E-state index contributed by atoms with van der Waals surface area (Å²) in [6.07, 6.45) is 2.51. The molecule has 1 saturated carbocycles. The molecule has 1 aliphatic rings. The average molecular weight is 338 g/mol. The number of carbonyl (C=O) groups excluding carboxylic acids is 1. The standard InChI is InChI=1S/C17H14Cl2FNO/c18-12-4-1-3-11(9-12)17(7-2-8-17)16(22)21-15-6-5-13(20)10-14(15)19/h1,3-6,9-10H,2,7-8H2,(H,21,22). The smallest absolute Gasteiger partial charge is 0.235 e. The van der Waals surface area contributed by atoms with E-state index in [0.29, 0.717) is 10.7 Å². The zero-order valence-electron chi connectivity index (χ0n) is 11.7. The molecular formula is C17H14Cl2FNO. The normalized spacial score (nSPS) is 16.0. The third-order valence-corrected chi connectivity index (χ3v) is 4.75. The minimum absolute atomic E-state index is 0.130. The van der Waals surface area contributed by atoms with Gasteiger partial charge in [-0.15, -0.1) is 0 Å². The van der Waals surface area contributed by atoms with Crippen molar-refractivity contribution in [3.63, 3.8) is 0 Å². The summed E-state index contributed by atoms with van der Waals surface area (Å²) in [5.74, 6) is -0.564. The van der Waals surface area contributed by atoms with Gasteiger partial charge in [0.25, 0.3) is 0 Å². The summed E-state index contributed by atoms with van der Waals surface area (Å²) < 4.78 is 13.1. The number of anilines is 1. The predicted molar refractivity (Wildman–Crippen MR) is 87.0 cm³/mol. The van der Waals surface area contributed by atoms with Crippen LogP contribution in [0.25, 0.3) is 0 Å². The van der Waals surface area contributed by atoms with Crippen LogP contribution >= 0.6 is 23.2 Å². The summed E-state index contributed by atoms with van der Waals surface area (Å²) in [7, 11) is 0. The van der Waals surface area contributed by atoms with E-state index < -0.39 is 11.2 Å². The Morgan fingerprint density at radius 2 is 1.91 bits per heavy atom. The zero-order chi connectivity index (χ0) is 15.7. The lowest BCUT2D eigenvalue weighted by atomic mass is 9.64. The summed E-state index contributed by atoms with van der Waals surface area (Å²) in [6, 6.07) is 11.3. The van der Waals surface area contributed by atoms with Gasteiger partial charge in [-0.05, 0) is 48.7 Å². The Kier molecular flexibility index (Phi) is 4.11. The summed E-state index contributed by atoms with van der Waals surface area (Å²) in [6.45, 7) is 0. The molecule has 0 bridgehead atoms. The molecule has 1 amide bonds. The highest BCUT2D eigenvalue weighted by molar-refractivity contribution is 6.33. The second kappa shape index (κ2) is 5.90. The van der Waals surface area contributed by atoms with Gasteiger partial charge < -0.3 is 5.32 Å². The highest BCUT2D eigenvalue weighted by Gasteiger charge is 2.45. The van der Waals surface area contributed by atoms with E-state index >= 15 is 0 Å². The van der Waals surface area contributed by atoms with Crippen LogP contribution in [0.4, 0.5) is 10.1 Å². The van der Waals surface area contributed by atoms with Gasteiger partial charge in [-0.1, -0.05) is 41.8 Å². The van der Waals surface area contributed by atoms with E-state index in [4.69, 9.17) is 23.2 Å². The number of carbonyl (C=O) groups is 1. The molecule has 0 aliphatic heterocycles. The maximum absolute atomic E-state index is 13.1. The van der Waals surface area contributed by atoms with Gasteiger partial charge in [0.05, 0.1) is 16.1 Å². The van der Waals surface area contributed by atoms with E-state index in [1.54, 1.807) is 6.07 Å². The molecule has 0 saturated heterocycles. The summed E-state index contributed by atoms with van der Waals surface area (Å²) in [4.78, 5) is 12.8. The van der Waals surface area contributed by atoms with Crippen LogP contribution < -0.4 is 5.32 Å². The molecule has 2 aromatic carbocycles. The Balaban J connectivity index is 1.89. The van der Waals surface area contributed by atoms with Gasteiger partial charge in [-0.3, -0.25) is 4.79 Å². The maximum atomic E-state index is 13.1. The Hall–Kier alpha value is -1.58. The summed E-state index contributed by atoms with van der Waals surface area (Å²) in [5, 5.41) is 3.61. The minimum Gasteiger partial charge on any atom is -0.324 e. The van der Waals surface area contributed by atoms with Crippen molar-refractivity contribution in [2.24, 2.45) is 0 Å². The van der Waals surface area contributed by atoms with Crippen molar-refractivity contribution in [2.75, 3.05) is 5.32 Å². The highest BCUT2D eigenvalue weighted by atomic mass is 35.5. The van der Waals surface area contributed by atoms with E-state index in [2.05, 4.69) is 5.32 Å². The quantitative estimate of drug-likeness (QED) is 0.819. The topological polar surface area (TPSA) is 29.1 Å². The monoisotopic (exact) mass is 337 g/mol. The second-order valence-corrected chi connectivity index (χ2v) is 6.37. The number of hydrogen-bond donors (Lipinski definition) is 1. The lowest BCUT2D eigenvalue weighted by Gasteiger charge is -2.40. The third-order valence-electron chi connectivity index (χ3n) is 4.20. The molecule has 22 heavy (non-hydrogen) atoms. The van der Waals surface area contributed by atoms with E-state index in [0.717, 1.165) is 24.8 Å². The fourth-order valence-electron chi connectivity index (χ4n) is 2.80. The zero-order valence-corrected chi connectivity index (χ0v) is 13.2. The van der Waals surface area contributed by atoms with Crippen molar-refractivity contribution < 1.29 is 9.18 Å². The number of rotatable bonds is 3. The second-order valence-electron chi connectivity index (χ2n) is 5.52. The fraction of sp³-hybridized carbons (Fsp3) is 0.235. The van der Waals surface area contributed by atoms with E-state index in [-0.39, 0.29) is 10.9 Å². The third kappa shape index (κ3) is 2.71. The van der Waals surface area contributed by atoms with Crippen molar-refractivity contribution in [1.82, 2.24) is 0 Å². The molecule has 0 radical (unpaired) electrons. The number of nitrogens with one attached hydrogen (secondary N) is 1.